The number of thioether (sulfide) groups is 1. The number of carbonyl (C=O) groups excluding carboxylic acids is 1. The Hall–Kier alpha value is -1.91. The summed E-state index contributed by atoms with van der Waals surface area (Å²) in [5, 5.41) is 16.2. The number of thiazole rings is 1. The Balaban J connectivity index is 1.34. The minimum Gasteiger partial charge on any atom is -0.410 e. The van der Waals surface area contributed by atoms with Gasteiger partial charge in [-0.25, -0.2) is 4.98 Å². The molecule has 0 bridgehead atoms. The fraction of sp³-hybridized carbons (Fsp3) is 0.0588. The summed E-state index contributed by atoms with van der Waals surface area (Å²) in [5.41, 5.74) is 1.54. The Morgan fingerprint density at radius 2 is 2.07 bits per heavy atom. The smallest absolute Gasteiger partial charge is 0.277 e. The van der Waals surface area contributed by atoms with E-state index < -0.39 is 0 Å². The van der Waals surface area contributed by atoms with Crippen LogP contribution in [0.2, 0.25) is 10.0 Å². The van der Waals surface area contributed by atoms with Crippen LogP contribution in [0, 0.1) is 0 Å². The highest BCUT2D eigenvalue weighted by molar-refractivity contribution is 7.99. The van der Waals surface area contributed by atoms with Crippen LogP contribution in [0.5, 0.6) is 0 Å². The molecule has 11 heteroatoms. The number of benzene rings is 1. The van der Waals surface area contributed by atoms with E-state index in [0.717, 1.165) is 10.4 Å². The number of aromatic nitrogens is 3. The van der Waals surface area contributed by atoms with Crippen molar-refractivity contribution in [1.29, 1.82) is 0 Å². The summed E-state index contributed by atoms with van der Waals surface area (Å²) in [6.07, 6.45) is 0. The fourth-order valence-electron chi connectivity index (χ4n) is 2.17. The van der Waals surface area contributed by atoms with Crippen molar-refractivity contribution in [3.8, 4) is 22.0 Å². The first-order valence-electron chi connectivity index (χ1n) is 7.79. The summed E-state index contributed by atoms with van der Waals surface area (Å²) in [5.74, 6) is 0.369. The molecular formula is C17H10Cl2N4O2S3. The molecule has 1 aromatic carbocycles. The second kappa shape index (κ2) is 8.62. The quantitative estimate of drug-likeness (QED) is 0.351. The minimum atomic E-state index is -0.212. The zero-order valence-electron chi connectivity index (χ0n) is 13.9. The van der Waals surface area contributed by atoms with E-state index in [9.17, 15) is 4.79 Å². The van der Waals surface area contributed by atoms with Gasteiger partial charge in [0.2, 0.25) is 5.91 Å². The lowest BCUT2D eigenvalue weighted by Gasteiger charge is -2.00. The normalized spacial score (nSPS) is 10.9. The molecule has 0 radical (unpaired) electrons. The molecule has 0 spiro atoms. The largest absolute Gasteiger partial charge is 0.410 e. The van der Waals surface area contributed by atoms with Crippen LogP contribution in [0.1, 0.15) is 0 Å². The van der Waals surface area contributed by atoms with Gasteiger partial charge in [-0.1, -0.05) is 47.1 Å². The predicted molar refractivity (Wildman–Crippen MR) is 115 cm³/mol. The van der Waals surface area contributed by atoms with Crippen LogP contribution in [0.25, 0.3) is 22.0 Å². The number of nitrogens with zero attached hydrogens (tertiary/aromatic N) is 3. The number of hydrogen-bond acceptors (Lipinski definition) is 8. The summed E-state index contributed by atoms with van der Waals surface area (Å²) < 4.78 is 5.55. The third kappa shape index (κ3) is 4.56. The van der Waals surface area contributed by atoms with Crippen molar-refractivity contribution in [1.82, 2.24) is 15.2 Å². The monoisotopic (exact) mass is 468 g/mol. The maximum atomic E-state index is 12.2. The van der Waals surface area contributed by atoms with Gasteiger partial charge in [-0.15, -0.1) is 32.9 Å². The van der Waals surface area contributed by atoms with Crippen LogP contribution >= 0.6 is 57.6 Å². The van der Waals surface area contributed by atoms with E-state index in [4.69, 9.17) is 27.6 Å². The van der Waals surface area contributed by atoms with Crippen molar-refractivity contribution in [2.75, 3.05) is 11.1 Å². The molecule has 142 valence electrons. The van der Waals surface area contributed by atoms with E-state index in [2.05, 4.69) is 20.5 Å². The maximum absolute atomic E-state index is 12.2. The van der Waals surface area contributed by atoms with Gasteiger partial charge >= 0.3 is 0 Å². The van der Waals surface area contributed by atoms with Crippen molar-refractivity contribution >= 4 is 68.7 Å². The van der Waals surface area contributed by atoms with Crippen LogP contribution in [0.3, 0.4) is 0 Å². The van der Waals surface area contributed by atoms with Crippen LogP contribution in [0.15, 0.2) is 50.7 Å². The number of carbonyl (C=O) groups is 1. The highest BCUT2D eigenvalue weighted by Gasteiger charge is 2.13. The molecular weight excluding hydrogens is 459 g/mol. The molecule has 4 aromatic rings. The lowest BCUT2D eigenvalue weighted by Crippen LogP contribution is -2.13. The molecule has 0 unspecified atom stereocenters. The van der Waals surface area contributed by atoms with Crippen molar-refractivity contribution in [2.24, 2.45) is 0 Å². The van der Waals surface area contributed by atoms with Crippen LogP contribution in [-0.2, 0) is 4.79 Å². The molecule has 1 amide bonds. The highest BCUT2D eigenvalue weighted by Crippen LogP contribution is 2.31. The molecule has 0 atom stereocenters. The number of halogens is 2. The van der Waals surface area contributed by atoms with E-state index >= 15 is 0 Å². The summed E-state index contributed by atoms with van der Waals surface area (Å²) >= 11 is 16.0. The van der Waals surface area contributed by atoms with Crippen LogP contribution < -0.4 is 5.32 Å². The van der Waals surface area contributed by atoms with Gasteiger partial charge in [0, 0.05) is 10.9 Å². The second-order valence-corrected chi connectivity index (χ2v) is 8.90. The molecule has 0 saturated carbocycles. The number of rotatable bonds is 6. The van der Waals surface area contributed by atoms with Gasteiger partial charge in [-0.3, -0.25) is 4.79 Å². The first-order chi connectivity index (χ1) is 13.6. The van der Waals surface area contributed by atoms with Gasteiger partial charge < -0.3 is 9.73 Å². The van der Waals surface area contributed by atoms with Crippen molar-refractivity contribution in [2.45, 2.75) is 5.22 Å². The van der Waals surface area contributed by atoms with Gasteiger partial charge in [0.1, 0.15) is 0 Å². The summed E-state index contributed by atoms with van der Waals surface area (Å²) in [6.45, 7) is 0. The number of thiophene rings is 1. The number of anilines is 1. The van der Waals surface area contributed by atoms with E-state index in [1.807, 2.05) is 29.0 Å². The fourth-order valence-corrected chi connectivity index (χ4v) is 4.41. The van der Waals surface area contributed by atoms with E-state index in [0.29, 0.717) is 32.0 Å². The SMILES string of the molecule is O=C(CSc1nnc(-c2cccs2)o1)Nc1nc(-c2ccc(Cl)c(Cl)c2)cs1. The predicted octanol–water partition coefficient (Wildman–Crippen LogP) is 5.96. The minimum absolute atomic E-state index is 0.133. The lowest BCUT2D eigenvalue weighted by atomic mass is 10.2. The zero-order chi connectivity index (χ0) is 19.5. The van der Waals surface area contributed by atoms with E-state index in [1.165, 1.54) is 34.4 Å². The molecule has 1 N–H and O–H groups in total. The van der Waals surface area contributed by atoms with Gasteiger partial charge in [0.05, 0.1) is 26.4 Å². The molecule has 0 saturated heterocycles. The number of nitrogens with one attached hydrogen (secondary N) is 1. The molecule has 0 aliphatic carbocycles. The third-order valence-corrected chi connectivity index (χ3v) is 6.60. The number of amides is 1. The molecule has 6 nitrogen and oxygen atoms in total. The van der Waals surface area contributed by atoms with Crippen LogP contribution in [-0.4, -0.2) is 26.8 Å². The molecule has 0 aliphatic rings. The Morgan fingerprint density at radius 1 is 1.18 bits per heavy atom. The summed E-state index contributed by atoms with van der Waals surface area (Å²) in [7, 11) is 0. The number of hydrogen-bond donors (Lipinski definition) is 1. The molecule has 3 heterocycles. The maximum Gasteiger partial charge on any atom is 0.277 e. The Morgan fingerprint density at radius 3 is 2.86 bits per heavy atom. The summed E-state index contributed by atoms with van der Waals surface area (Å²) in [6, 6.07) is 9.08. The van der Waals surface area contributed by atoms with Crippen LogP contribution in [0.4, 0.5) is 5.13 Å². The van der Waals surface area contributed by atoms with Crippen molar-refractivity contribution in [3.63, 3.8) is 0 Å². The summed E-state index contributed by atoms with van der Waals surface area (Å²) in [4.78, 5) is 17.5. The molecule has 4 rings (SSSR count). The van der Waals surface area contributed by atoms with Gasteiger partial charge in [-0.2, -0.15) is 0 Å². The van der Waals surface area contributed by atoms with Gasteiger partial charge in [0.25, 0.3) is 11.1 Å². The topological polar surface area (TPSA) is 80.9 Å². The second-order valence-electron chi connectivity index (χ2n) is 5.35. The first kappa shape index (κ1) is 19.4. The Kier molecular flexibility index (Phi) is 5.98. The average molecular weight is 469 g/mol. The third-order valence-electron chi connectivity index (χ3n) is 3.43. The van der Waals surface area contributed by atoms with Gasteiger partial charge in [-0.05, 0) is 23.6 Å². The Bertz CT molecular complexity index is 1110. The van der Waals surface area contributed by atoms with Crippen molar-refractivity contribution in [3.05, 3.63) is 51.1 Å². The highest BCUT2D eigenvalue weighted by atomic mass is 35.5. The van der Waals surface area contributed by atoms with E-state index in [1.54, 1.807) is 12.1 Å². The van der Waals surface area contributed by atoms with Crippen molar-refractivity contribution < 1.29 is 9.21 Å². The standard InChI is InChI=1S/C17H10Cl2N4O2S3/c18-10-4-3-9(6-11(10)19)12-7-27-16(20-12)21-14(24)8-28-17-23-22-15(25-17)13-2-1-5-26-13/h1-7H,8H2,(H,20,21,24). The Labute approximate surface area is 181 Å². The molecule has 3 aromatic heterocycles. The van der Waals surface area contributed by atoms with Gasteiger partial charge in [0.15, 0.2) is 5.13 Å². The average Bonchev–Trinajstić information content (AvgIpc) is 3.43. The molecule has 28 heavy (non-hydrogen) atoms. The first-order valence-corrected chi connectivity index (χ1v) is 11.3. The lowest BCUT2D eigenvalue weighted by molar-refractivity contribution is -0.113. The molecule has 0 aliphatic heterocycles. The zero-order valence-corrected chi connectivity index (χ0v) is 17.8. The molecule has 0 fully saturated rings. The van der Waals surface area contributed by atoms with E-state index in [-0.39, 0.29) is 11.7 Å².